The third kappa shape index (κ3) is 7.11. The molecule has 0 bridgehead atoms. The highest BCUT2D eigenvalue weighted by Crippen LogP contribution is 2.11. The average molecular weight is 195 g/mol. The number of rotatable bonds is 0. The van der Waals surface area contributed by atoms with Crippen molar-refractivity contribution in [2.45, 2.75) is 70.6 Å². The van der Waals surface area contributed by atoms with Crippen molar-refractivity contribution in [1.29, 1.82) is 0 Å². The first kappa shape index (κ1) is 11.7. The van der Waals surface area contributed by atoms with Gasteiger partial charge in [-0.3, -0.25) is 4.99 Å². The maximum Gasteiger partial charge on any atom is 0.0385 e. The lowest BCUT2D eigenvalue weighted by Gasteiger charge is -2.03. The largest absolute Gasteiger partial charge is 0.298 e. The van der Waals surface area contributed by atoms with Crippen LogP contribution in [0.3, 0.4) is 0 Å². The smallest absolute Gasteiger partial charge is 0.0385 e. The van der Waals surface area contributed by atoms with Crippen molar-refractivity contribution in [2.75, 3.05) is 6.54 Å². The van der Waals surface area contributed by atoms with Gasteiger partial charge in [0.05, 0.1) is 0 Å². The second-order valence-electron chi connectivity index (χ2n) is 4.41. The molecule has 1 heterocycles. The Balaban J connectivity index is 2.09. The van der Waals surface area contributed by atoms with Crippen molar-refractivity contribution in [1.82, 2.24) is 0 Å². The van der Waals surface area contributed by atoms with Crippen LogP contribution >= 0.6 is 0 Å². The Labute approximate surface area is 89.0 Å². The molecule has 0 unspecified atom stereocenters. The molecule has 1 rings (SSSR count). The number of aliphatic imine (C=N–C) groups is 1. The molecule has 0 aromatic carbocycles. The van der Waals surface area contributed by atoms with Crippen LogP contribution in [-0.4, -0.2) is 12.8 Å². The minimum absolute atomic E-state index is 1.07. The van der Waals surface area contributed by atoms with E-state index in [9.17, 15) is 0 Å². The van der Waals surface area contributed by atoms with Gasteiger partial charge in [0.15, 0.2) is 0 Å². The zero-order valence-electron chi connectivity index (χ0n) is 9.51. The van der Waals surface area contributed by atoms with Crippen LogP contribution < -0.4 is 0 Å². The van der Waals surface area contributed by atoms with E-state index in [0.29, 0.717) is 0 Å². The van der Waals surface area contributed by atoms with Crippen molar-refractivity contribution in [2.24, 2.45) is 4.99 Å². The molecule has 1 nitrogen and oxygen atoms in total. The van der Waals surface area contributed by atoms with Crippen LogP contribution in [0.15, 0.2) is 4.99 Å². The molecule has 1 aliphatic heterocycles. The summed E-state index contributed by atoms with van der Waals surface area (Å²) in [7, 11) is 0. The van der Waals surface area contributed by atoms with Gasteiger partial charge in [-0.1, -0.05) is 51.4 Å². The van der Waals surface area contributed by atoms with Gasteiger partial charge in [0.25, 0.3) is 0 Å². The SMILES string of the molecule is C1=N/CCCCCCCCCCCC/1. The van der Waals surface area contributed by atoms with Gasteiger partial charge < -0.3 is 0 Å². The van der Waals surface area contributed by atoms with Gasteiger partial charge in [0.2, 0.25) is 0 Å². The summed E-state index contributed by atoms with van der Waals surface area (Å²) in [5.41, 5.74) is 0. The Morgan fingerprint density at radius 1 is 0.571 bits per heavy atom. The average Bonchev–Trinajstić information content (AvgIpc) is 2.22. The molecule has 14 heavy (non-hydrogen) atoms. The van der Waals surface area contributed by atoms with E-state index in [4.69, 9.17) is 0 Å². The number of nitrogens with zero attached hydrogens (tertiary/aromatic N) is 1. The predicted octanol–water partition coefficient (Wildman–Crippen LogP) is 4.36. The van der Waals surface area contributed by atoms with Crippen LogP contribution in [0.25, 0.3) is 0 Å². The summed E-state index contributed by atoms with van der Waals surface area (Å²) in [6, 6.07) is 0. The van der Waals surface area contributed by atoms with Crippen LogP contribution in [0.5, 0.6) is 0 Å². The van der Waals surface area contributed by atoms with Gasteiger partial charge in [-0.15, -0.1) is 0 Å². The molecule has 0 atom stereocenters. The summed E-state index contributed by atoms with van der Waals surface area (Å²) in [5.74, 6) is 0. The Kier molecular flexibility index (Phi) is 7.75. The lowest BCUT2D eigenvalue weighted by atomic mass is 10.1. The van der Waals surface area contributed by atoms with Crippen molar-refractivity contribution in [3.05, 3.63) is 0 Å². The molecule has 0 aromatic rings. The van der Waals surface area contributed by atoms with E-state index < -0.39 is 0 Å². The topological polar surface area (TPSA) is 12.4 Å². The highest BCUT2D eigenvalue weighted by Gasteiger charge is 1.93. The third-order valence-corrected chi connectivity index (χ3v) is 3.00. The second-order valence-corrected chi connectivity index (χ2v) is 4.41. The Hall–Kier alpha value is -0.330. The van der Waals surface area contributed by atoms with Crippen molar-refractivity contribution >= 4 is 6.21 Å². The van der Waals surface area contributed by atoms with E-state index in [1.54, 1.807) is 0 Å². The molecule has 0 amide bonds. The minimum Gasteiger partial charge on any atom is -0.298 e. The minimum atomic E-state index is 1.07. The zero-order valence-corrected chi connectivity index (χ0v) is 9.51. The standard InChI is InChI=1S/C13H25N/c1-2-4-6-8-10-12-14-13-11-9-7-5-3-1/h12H,1-11,13H2/b14-12+. The lowest BCUT2D eigenvalue weighted by Crippen LogP contribution is -1.87. The molecule has 0 saturated carbocycles. The molecule has 0 saturated heterocycles. The summed E-state index contributed by atoms with van der Waals surface area (Å²) in [6.07, 6.45) is 17.5. The van der Waals surface area contributed by atoms with E-state index in [0.717, 1.165) is 6.54 Å². The normalized spacial score (nSPS) is 25.1. The summed E-state index contributed by atoms with van der Waals surface area (Å²) >= 11 is 0. The maximum absolute atomic E-state index is 4.43. The van der Waals surface area contributed by atoms with E-state index in [-0.39, 0.29) is 0 Å². The van der Waals surface area contributed by atoms with Crippen LogP contribution in [0.4, 0.5) is 0 Å². The fourth-order valence-electron chi connectivity index (χ4n) is 2.04. The molecule has 82 valence electrons. The molecule has 0 N–H and O–H groups in total. The molecular weight excluding hydrogens is 170 g/mol. The quantitative estimate of drug-likeness (QED) is 0.544. The number of hydrogen-bond acceptors (Lipinski definition) is 1. The van der Waals surface area contributed by atoms with E-state index in [1.165, 1.54) is 70.6 Å². The highest BCUT2D eigenvalue weighted by atomic mass is 14.7. The van der Waals surface area contributed by atoms with Crippen LogP contribution in [-0.2, 0) is 0 Å². The second kappa shape index (κ2) is 9.23. The van der Waals surface area contributed by atoms with Crippen molar-refractivity contribution < 1.29 is 0 Å². The zero-order chi connectivity index (χ0) is 9.90. The number of hydrogen-bond donors (Lipinski definition) is 0. The molecular formula is C13H25N. The van der Waals surface area contributed by atoms with Gasteiger partial charge in [-0.2, -0.15) is 0 Å². The summed E-state index contributed by atoms with van der Waals surface area (Å²) in [5, 5.41) is 0. The molecule has 0 spiro atoms. The third-order valence-electron chi connectivity index (χ3n) is 3.00. The van der Waals surface area contributed by atoms with Gasteiger partial charge in [0, 0.05) is 6.54 Å². The summed E-state index contributed by atoms with van der Waals surface area (Å²) in [6.45, 7) is 1.07. The highest BCUT2D eigenvalue weighted by molar-refractivity contribution is 5.56. The Morgan fingerprint density at radius 2 is 1.07 bits per heavy atom. The summed E-state index contributed by atoms with van der Waals surface area (Å²) in [4.78, 5) is 4.43. The Bertz CT molecular complexity index is 124. The Morgan fingerprint density at radius 3 is 1.71 bits per heavy atom. The fraction of sp³-hybridized carbons (Fsp3) is 0.923. The maximum atomic E-state index is 4.43. The molecule has 0 radical (unpaired) electrons. The fourth-order valence-corrected chi connectivity index (χ4v) is 2.04. The molecule has 0 aromatic heterocycles. The molecule has 0 fully saturated rings. The van der Waals surface area contributed by atoms with Crippen LogP contribution in [0, 0.1) is 0 Å². The van der Waals surface area contributed by atoms with Gasteiger partial charge in [-0.05, 0) is 25.5 Å². The monoisotopic (exact) mass is 195 g/mol. The first-order valence-corrected chi connectivity index (χ1v) is 6.48. The van der Waals surface area contributed by atoms with Crippen molar-refractivity contribution in [3.63, 3.8) is 0 Å². The molecule has 1 heteroatoms. The van der Waals surface area contributed by atoms with E-state index in [2.05, 4.69) is 11.2 Å². The van der Waals surface area contributed by atoms with E-state index in [1.807, 2.05) is 0 Å². The van der Waals surface area contributed by atoms with Crippen LogP contribution in [0.1, 0.15) is 70.6 Å². The van der Waals surface area contributed by atoms with Gasteiger partial charge >= 0.3 is 0 Å². The first-order chi connectivity index (χ1) is 7.00. The van der Waals surface area contributed by atoms with Gasteiger partial charge in [-0.25, -0.2) is 0 Å². The lowest BCUT2D eigenvalue weighted by molar-refractivity contribution is 0.553. The first-order valence-electron chi connectivity index (χ1n) is 6.48. The van der Waals surface area contributed by atoms with Crippen LogP contribution in [0.2, 0.25) is 0 Å². The molecule has 0 aliphatic carbocycles. The van der Waals surface area contributed by atoms with Gasteiger partial charge in [0.1, 0.15) is 0 Å². The predicted molar refractivity (Wildman–Crippen MR) is 64.1 cm³/mol. The molecule has 1 aliphatic rings. The van der Waals surface area contributed by atoms with E-state index >= 15 is 0 Å². The summed E-state index contributed by atoms with van der Waals surface area (Å²) < 4.78 is 0. The van der Waals surface area contributed by atoms with Crippen molar-refractivity contribution in [3.8, 4) is 0 Å².